The van der Waals surface area contributed by atoms with Gasteiger partial charge >= 0.3 is 0 Å². The SMILES string of the molecule is CCNc1cc(C)nc(N2CCN(C(=O)c3c(OCC)ccc4ccccc34)CC2)n1. The fourth-order valence-corrected chi connectivity index (χ4v) is 3.98. The number of nitrogens with zero attached hydrogens (tertiary/aromatic N) is 4. The Labute approximate surface area is 183 Å². The quantitative estimate of drug-likeness (QED) is 0.657. The van der Waals surface area contributed by atoms with Crippen LogP contribution in [0.2, 0.25) is 0 Å². The van der Waals surface area contributed by atoms with Gasteiger partial charge in [0.05, 0.1) is 12.2 Å². The summed E-state index contributed by atoms with van der Waals surface area (Å²) in [6.07, 6.45) is 0. The van der Waals surface area contributed by atoms with Crippen molar-refractivity contribution in [2.45, 2.75) is 20.8 Å². The molecule has 1 saturated heterocycles. The predicted molar refractivity (Wildman–Crippen MR) is 124 cm³/mol. The summed E-state index contributed by atoms with van der Waals surface area (Å²) >= 11 is 0. The Morgan fingerprint density at radius 2 is 1.84 bits per heavy atom. The Bertz CT molecular complexity index is 1080. The number of ether oxygens (including phenoxy) is 1. The van der Waals surface area contributed by atoms with E-state index in [-0.39, 0.29) is 5.91 Å². The lowest BCUT2D eigenvalue weighted by atomic mass is 10.0. The molecule has 0 bridgehead atoms. The Morgan fingerprint density at radius 1 is 1.06 bits per heavy atom. The van der Waals surface area contributed by atoms with E-state index in [9.17, 15) is 4.79 Å². The van der Waals surface area contributed by atoms with Crippen molar-refractivity contribution in [2.24, 2.45) is 0 Å². The topological polar surface area (TPSA) is 70.6 Å². The number of nitrogens with one attached hydrogen (secondary N) is 1. The molecule has 1 amide bonds. The molecule has 0 radical (unpaired) electrons. The number of anilines is 2. The fourth-order valence-electron chi connectivity index (χ4n) is 3.98. The Hall–Kier alpha value is -3.35. The first-order valence-corrected chi connectivity index (χ1v) is 10.9. The summed E-state index contributed by atoms with van der Waals surface area (Å²) in [6, 6.07) is 13.8. The van der Waals surface area contributed by atoms with Crippen LogP contribution in [0.25, 0.3) is 10.8 Å². The summed E-state index contributed by atoms with van der Waals surface area (Å²) in [5, 5.41) is 5.22. The summed E-state index contributed by atoms with van der Waals surface area (Å²) < 4.78 is 5.81. The van der Waals surface area contributed by atoms with E-state index < -0.39 is 0 Å². The van der Waals surface area contributed by atoms with Crippen molar-refractivity contribution >= 4 is 28.4 Å². The third kappa shape index (κ3) is 4.40. The van der Waals surface area contributed by atoms with Crippen LogP contribution in [-0.2, 0) is 0 Å². The van der Waals surface area contributed by atoms with Crippen molar-refractivity contribution < 1.29 is 9.53 Å². The smallest absolute Gasteiger partial charge is 0.258 e. The molecule has 1 aliphatic rings. The third-order valence-corrected chi connectivity index (χ3v) is 5.45. The largest absolute Gasteiger partial charge is 0.493 e. The monoisotopic (exact) mass is 419 g/mol. The molecular weight excluding hydrogens is 390 g/mol. The second kappa shape index (κ2) is 9.20. The minimum atomic E-state index is 0.0124. The van der Waals surface area contributed by atoms with Crippen LogP contribution in [0.1, 0.15) is 29.9 Å². The molecule has 7 heteroatoms. The molecule has 1 N–H and O–H groups in total. The van der Waals surface area contributed by atoms with Crippen LogP contribution in [0.4, 0.5) is 11.8 Å². The standard InChI is InChI=1S/C24H29N5O2/c1-4-25-21-16-17(3)26-24(27-21)29-14-12-28(13-15-29)23(30)22-19-9-7-6-8-18(19)10-11-20(22)31-5-2/h6-11,16H,4-5,12-15H2,1-3H3,(H,25,26,27). The number of rotatable bonds is 6. The number of hydrogen-bond acceptors (Lipinski definition) is 6. The van der Waals surface area contributed by atoms with Crippen LogP contribution in [0.5, 0.6) is 5.75 Å². The van der Waals surface area contributed by atoms with E-state index in [0.717, 1.165) is 28.8 Å². The third-order valence-electron chi connectivity index (χ3n) is 5.45. The maximum absolute atomic E-state index is 13.5. The summed E-state index contributed by atoms with van der Waals surface area (Å²) in [5.74, 6) is 2.20. The van der Waals surface area contributed by atoms with Gasteiger partial charge in [-0.25, -0.2) is 4.98 Å². The van der Waals surface area contributed by atoms with E-state index >= 15 is 0 Å². The molecular formula is C24H29N5O2. The number of hydrogen-bond donors (Lipinski definition) is 1. The van der Waals surface area contributed by atoms with E-state index in [1.54, 1.807) is 0 Å². The Morgan fingerprint density at radius 3 is 2.58 bits per heavy atom. The maximum atomic E-state index is 13.5. The average molecular weight is 420 g/mol. The second-order valence-corrected chi connectivity index (χ2v) is 7.60. The molecule has 31 heavy (non-hydrogen) atoms. The number of aryl methyl sites for hydroxylation is 1. The van der Waals surface area contributed by atoms with Crippen molar-refractivity contribution in [3.05, 3.63) is 53.7 Å². The molecule has 0 aliphatic carbocycles. The van der Waals surface area contributed by atoms with Gasteiger partial charge in [0, 0.05) is 44.5 Å². The number of amides is 1. The highest BCUT2D eigenvalue weighted by Crippen LogP contribution is 2.30. The molecule has 0 saturated carbocycles. The van der Waals surface area contributed by atoms with E-state index in [4.69, 9.17) is 4.74 Å². The lowest BCUT2D eigenvalue weighted by Crippen LogP contribution is -2.49. The number of aromatic nitrogens is 2. The van der Waals surface area contributed by atoms with Crippen molar-refractivity contribution in [1.82, 2.24) is 14.9 Å². The number of fused-ring (bicyclic) bond motifs is 1. The Balaban J connectivity index is 1.55. The van der Waals surface area contributed by atoms with Gasteiger partial charge in [0.1, 0.15) is 11.6 Å². The fraction of sp³-hybridized carbons (Fsp3) is 0.375. The molecule has 1 aromatic heterocycles. The molecule has 1 aliphatic heterocycles. The number of benzene rings is 2. The first-order chi connectivity index (χ1) is 15.1. The second-order valence-electron chi connectivity index (χ2n) is 7.60. The van der Waals surface area contributed by atoms with E-state index in [1.807, 2.05) is 68.1 Å². The molecule has 7 nitrogen and oxygen atoms in total. The van der Waals surface area contributed by atoms with Crippen LogP contribution < -0.4 is 15.0 Å². The number of piperazine rings is 1. The molecule has 0 spiro atoms. The van der Waals surface area contributed by atoms with Gasteiger partial charge in [0.2, 0.25) is 5.95 Å². The lowest BCUT2D eigenvalue weighted by molar-refractivity contribution is 0.0744. The highest BCUT2D eigenvalue weighted by Gasteiger charge is 2.27. The van der Waals surface area contributed by atoms with Crippen LogP contribution in [0.15, 0.2) is 42.5 Å². The van der Waals surface area contributed by atoms with Gasteiger partial charge in [-0.05, 0) is 37.6 Å². The summed E-state index contributed by atoms with van der Waals surface area (Å²) in [5.41, 5.74) is 1.58. The minimum absolute atomic E-state index is 0.0124. The molecule has 162 valence electrons. The molecule has 1 fully saturated rings. The number of carbonyl (C=O) groups is 1. The van der Waals surface area contributed by atoms with Gasteiger partial charge in [-0.3, -0.25) is 4.79 Å². The zero-order chi connectivity index (χ0) is 21.8. The highest BCUT2D eigenvalue weighted by molar-refractivity contribution is 6.09. The summed E-state index contributed by atoms with van der Waals surface area (Å²) in [4.78, 5) is 26.8. The van der Waals surface area contributed by atoms with Gasteiger partial charge in [0.25, 0.3) is 5.91 Å². The zero-order valence-electron chi connectivity index (χ0n) is 18.4. The highest BCUT2D eigenvalue weighted by atomic mass is 16.5. The first kappa shape index (κ1) is 20.9. The van der Waals surface area contributed by atoms with Gasteiger partial charge in [0.15, 0.2) is 0 Å². The molecule has 3 aromatic rings. The van der Waals surface area contributed by atoms with Crippen LogP contribution >= 0.6 is 0 Å². The zero-order valence-corrected chi connectivity index (χ0v) is 18.4. The lowest BCUT2D eigenvalue weighted by Gasteiger charge is -2.35. The first-order valence-electron chi connectivity index (χ1n) is 10.9. The maximum Gasteiger partial charge on any atom is 0.258 e. The van der Waals surface area contributed by atoms with Gasteiger partial charge in [-0.2, -0.15) is 4.98 Å². The van der Waals surface area contributed by atoms with Crippen molar-refractivity contribution in [1.29, 1.82) is 0 Å². The van der Waals surface area contributed by atoms with E-state index in [0.29, 0.717) is 50.0 Å². The van der Waals surface area contributed by atoms with E-state index in [2.05, 4.69) is 20.2 Å². The number of carbonyl (C=O) groups excluding carboxylic acids is 1. The van der Waals surface area contributed by atoms with Crippen molar-refractivity contribution in [3.8, 4) is 5.75 Å². The van der Waals surface area contributed by atoms with Crippen LogP contribution in [-0.4, -0.2) is 60.1 Å². The van der Waals surface area contributed by atoms with Crippen LogP contribution in [0.3, 0.4) is 0 Å². The molecule has 2 heterocycles. The van der Waals surface area contributed by atoms with Crippen LogP contribution in [0, 0.1) is 6.92 Å². The summed E-state index contributed by atoms with van der Waals surface area (Å²) in [6.45, 7) is 9.89. The van der Waals surface area contributed by atoms with Crippen molar-refractivity contribution in [3.63, 3.8) is 0 Å². The van der Waals surface area contributed by atoms with E-state index in [1.165, 1.54) is 0 Å². The molecule has 0 unspecified atom stereocenters. The summed E-state index contributed by atoms with van der Waals surface area (Å²) in [7, 11) is 0. The van der Waals surface area contributed by atoms with Gasteiger partial charge < -0.3 is 19.9 Å². The van der Waals surface area contributed by atoms with Crippen molar-refractivity contribution in [2.75, 3.05) is 49.5 Å². The minimum Gasteiger partial charge on any atom is -0.493 e. The van der Waals surface area contributed by atoms with Gasteiger partial charge in [-0.1, -0.05) is 30.3 Å². The molecule has 4 rings (SSSR count). The predicted octanol–water partition coefficient (Wildman–Crippen LogP) is 3.73. The molecule has 2 aromatic carbocycles. The molecule has 0 atom stereocenters. The Kier molecular flexibility index (Phi) is 6.21. The average Bonchev–Trinajstić information content (AvgIpc) is 2.79. The normalized spacial score (nSPS) is 14.0. The van der Waals surface area contributed by atoms with Gasteiger partial charge in [-0.15, -0.1) is 0 Å².